The van der Waals surface area contributed by atoms with Crippen molar-refractivity contribution in [3.8, 4) is 0 Å². The van der Waals surface area contributed by atoms with Crippen molar-refractivity contribution >= 4 is 5.97 Å². The highest BCUT2D eigenvalue weighted by Gasteiger charge is 2.45. The van der Waals surface area contributed by atoms with Crippen LogP contribution in [-0.2, 0) is 6.54 Å². The van der Waals surface area contributed by atoms with Gasteiger partial charge in [-0.3, -0.25) is 9.88 Å². The van der Waals surface area contributed by atoms with Gasteiger partial charge in [0.1, 0.15) is 6.04 Å². The van der Waals surface area contributed by atoms with Gasteiger partial charge in [-0.25, -0.2) is 4.79 Å². The number of carbonyl (C=O) groups is 1. The number of halogens is 3. The van der Waals surface area contributed by atoms with Gasteiger partial charge in [0.2, 0.25) is 0 Å². The molecule has 0 unspecified atom stereocenters. The molecule has 1 aliphatic heterocycles. The Morgan fingerprint density at radius 3 is 2.89 bits per heavy atom. The molecule has 7 heteroatoms. The van der Waals surface area contributed by atoms with Crippen LogP contribution in [0.5, 0.6) is 0 Å². The summed E-state index contributed by atoms with van der Waals surface area (Å²) in [5.41, 5.74) is 0.126. The minimum Gasteiger partial charge on any atom is -0.478 e. The number of pyridine rings is 1. The van der Waals surface area contributed by atoms with E-state index in [0.29, 0.717) is 13.0 Å². The molecule has 1 N–H and O–H groups in total. The maximum absolute atomic E-state index is 12.8. The normalized spacial score (nSPS) is 20.7. The summed E-state index contributed by atoms with van der Waals surface area (Å²) < 4.78 is 38.4. The predicted molar refractivity (Wildman–Crippen MR) is 60.7 cm³/mol. The number of rotatable bonds is 3. The van der Waals surface area contributed by atoms with E-state index >= 15 is 0 Å². The van der Waals surface area contributed by atoms with Gasteiger partial charge in [-0.1, -0.05) is 0 Å². The van der Waals surface area contributed by atoms with Crippen LogP contribution in [0.2, 0.25) is 0 Å². The van der Waals surface area contributed by atoms with E-state index in [1.54, 1.807) is 0 Å². The molecule has 0 saturated carbocycles. The molecule has 19 heavy (non-hydrogen) atoms. The van der Waals surface area contributed by atoms with Crippen LogP contribution in [0.4, 0.5) is 13.2 Å². The standard InChI is InChI=1S/C12H13F3N2O2/c13-12(14,15)10-4-2-6-17(10)7-9-8(11(18)19)3-1-5-16-9/h1,3,5,10H,2,4,6-7H2,(H,18,19)/t10-/m1/s1. The van der Waals surface area contributed by atoms with Gasteiger partial charge < -0.3 is 5.11 Å². The molecule has 0 aromatic carbocycles. The Hall–Kier alpha value is -1.63. The van der Waals surface area contributed by atoms with E-state index in [4.69, 9.17) is 5.11 Å². The first-order valence-electron chi connectivity index (χ1n) is 5.87. The lowest BCUT2D eigenvalue weighted by atomic mass is 10.1. The van der Waals surface area contributed by atoms with E-state index < -0.39 is 18.2 Å². The number of carboxylic acids is 1. The minimum absolute atomic E-state index is 0.0460. The summed E-state index contributed by atoms with van der Waals surface area (Å²) in [5.74, 6) is -1.18. The Labute approximate surface area is 107 Å². The van der Waals surface area contributed by atoms with E-state index in [9.17, 15) is 18.0 Å². The number of aromatic nitrogens is 1. The zero-order chi connectivity index (χ0) is 14.0. The average molecular weight is 274 g/mol. The van der Waals surface area contributed by atoms with Crippen LogP contribution in [0, 0.1) is 0 Å². The number of alkyl halides is 3. The highest BCUT2D eigenvalue weighted by molar-refractivity contribution is 5.88. The van der Waals surface area contributed by atoms with Crippen LogP contribution in [0.25, 0.3) is 0 Å². The fourth-order valence-corrected chi connectivity index (χ4v) is 2.34. The van der Waals surface area contributed by atoms with Gasteiger partial charge in [-0.05, 0) is 31.5 Å². The summed E-state index contributed by atoms with van der Waals surface area (Å²) in [6.07, 6.45) is -2.38. The summed E-state index contributed by atoms with van der Waals surface area (Å²) >= 11 is 0. The fourth-order valence-electron chi connectivity index (χ4n) is 2.34. The van der Waals surface area contributed by atoms with Gasteiger partial charge >= 0.3 is 12.1 Å². The lowest BCUT2D eigenvalue weighted by Gasteiger charge is -2.26. The third-order valence-electron chi connectivity index (χ3n) is 3.21. The molecular formula is C12H13F3N2O2. The van der Waals surface area contributed by atoms with E-state index in [2.05, 4.69) is 4.98 Å². The van der Waals surface area contributed by atoms with Gasteiger partial charge in [0.05, 0.1) is 11.3 Å². The number of carboxylic acid groups (broad SMARTS) is 1. The molecule has 4 nitrogen and oxygen atoms in total. The van der Waals surface area contributed by atoms with Gasteiger partial charge in [-0.15, -0.1) is 0 Å². The topological polar surface area (TPSA) is 53.4 Å². The molecule has 0 amide bonds. The predicted octanol–water partition coefficient (Wildman–Crippen LogP) is 2.31. The fraction of sp³-hybridized carbons (Fsp3) is 0.500. The molecule has 0 radical (unpaired) electrons. The Bertz CT molecular complexity index is 476. The van der Waals surface area contributed by atoms with Gasteiger partial charge in [0.15, 0.2) is 0 Å². The maximum Gasteiger partial charge on any atom is 0.404 e. The number of hydrogen-bond acceptors (Lipinski definition) is 3. The molecule has 1 atom stereocenters. The molecule has 1 aromatic heterocycles. The van der Waals surface area contributed by atoms with Crippen molar-refractivity contribution in [2.75, 3.05) is 6.54 Å². The first-order chi connectivity index (χ1) is 8.89. The Kier molecular flexibility index (Phi) is 3.75. The third kappa shape index (κ3) is 3.04. The van der Waals surface area contributed by atoms with Gasteiger partial charge in [0.25, 0.3) is 0 Å². The lowest BCUT2D eigenvalue weighted by molar-refractivity contribution is -0.177. The Morgan fingerprint density at radius 2 is 2.26 bits per heavy atom. The molecule has 0 aliphatic carbocycles. The van der Waals surface area contributed by atoms with Crippen molar-refractivity contribution in [2.24, 2.45) is 0 Å². The summed E-state index contributed by atoms with van der Waals surface area (Å²) in [4.78, 5) is 16.1. The van der Waals surface area contributed by atoms with Crippen LogP contribution in [-0.4, -0.2) is 39.7 Å². The molecule has 1 saturated heterocycles. The third-order valence-corrected chi connectivity index (χ3v) is 3.21. The Morgan fingerprint density at radius 1 is 1.53 bits per heavy atom. The van der Waals surface area contributed by atoms with Crippen molar-refractivity contribution in [1.29, 1.82) is 0 Å². The summed E-state index contributed by atoms with van der Waals surface area (Å²) in [6, 6.07) is 1.30. The van der Waals surface area contributed by atoms with Crippen molar-refractivity contribution in [2.45, 2.75) is 31.6 Å². The largest absolute Gasteiger partial charge is 0.478 e. The summed E-state index contributed by atoms with van der Waals surface area (Å²) in [6.45, 7) is 0.215. The van der Waals surface area contributed by atoms with Crippen molar-refractivity contribution < 1.29 is 23.1 Å². The molecule has 1 aliphatic rings. The lowest BCUT2D eigenvalue weighted by Crippen LogP contribution is -2.41. The number of likely N-dealkylation sites (tertiary alicyclic amines) is 1. The van der Waals surface area contributed by atoms with E-state index in [1.807, 2.05) is 0 Å². The average Bonchev–Trinajstić information content (AvgIpc) is 2.77. The summed E-state index contributed by atoms with van der Waals surface area (Å²) in [5, 5.41) is 8.98. The minimum atomic E-state index is -4.28. The molecule has 104 valence electrons. The number of aromatic carboxylic acids is 1. The van der Waals surface area contributed by atoms with Crippen LogP contribution < -0.4 is 0 Å². The second-order valence-corrected chi connectivity index (χ2v) is 4.47. The molecule has 1 aromatic rings. The van der Waals surface area contributed by atoms with E-state index in [0.717, 1.165) is 0 Å². The van der Waals surface area contributed by atoms with Gasteiger partial charge in [0, 0.05) is 12.7 Å². The molecule has 2 rings (SSSR count). The van der Waals surface area contributed by atoms with E-state index in [-0.39, 0.29) is 24.2 Å². The zero-order valence-corrected chi connectivity index (χ0v) is 10.0. The van der Waals surface area contributed by atoms with Crippen molar-refractivity contribution in [3.05, 3.63) is 29.6 Å². The molecule has 1 fully saturated rings. The molecule has 2 heterocycles. The molecule has 0 spiro atoms. The SMILES string of the molecule is O=C(O)c1cccnc1CN1CCC[C@@H]1C(F)(F)F. The zero-order valence-electron chi connectivity index (χ0n) is 10.0. The monoisotopic (exact) mass is 274 g/mol. The first kappa shape index (κ1) is 13.8. The first-order valence-corrected chi connectivity index (χ1v) is 5.87. The highest BCUT2D eigenvalue weighted by atomic mass is 19.4. The second-order valence-electron chi connectivity index (χ2n) is 4.47. The maximum atomic E-state index is 12.8. The quantitative estimate of drug-likeness (QED) is 0.919. The van der Waals surface area contributed by atoms with Gasteiger partial charge in [-0.2, -0.15) is 13.2 Å². The van der Waals surface area contributed by atoms with E-state index in [1.165, 1.54) is 23.2 Å². The smallest absolute Gasteiger partial charge is 0.404 e. The van der Waals surface area contributed by atoms with Crippen LogP contribution in [0.1, 0.15) is 28.9 Å². The second kappa shape index (κ2) is 5.16. The van der Waals surface area contributed by atoms with Crippen LogP contribution in [0.15, 0.2) is 18.3 Å². The van der Waals surface area contributed by atoms with Crippen molar-refractivity contribution in [3.63, 3.8) is 0 Å². The number of hydrogen-bond donors (Lipinski definition) is 1. The summed E-state index contributed by atoms with van der Waals surface area (Å²) in [7, 11) is 0. The number of nitrogens with zero attached hydrogens (tertiary/aromatic N) is 2. The van der Waals surface area contributed by atoms with Crippen molar-refractivity contribution in [1.82, 2.24) is 9.88 Å². The Balaban J connectivity index is 2.19. The highest BCUT2D eigenvalue weighted by Crippen LogP contribution is 2.33. The molecule has 0 bridgehead atoms. The molecular weight excluding hydrogens is 261 g/mol. The van der Waals surface area contributed by atoms with Crippen LogP contribution in [0.3, 0.4) is 0 Å². The van der Waals surface area contributed by atoms with Crippen LogP contribution >= 0.6 is 0 Å².